The fourth-order valence-corrected chi connectivity index (χ4v) is 3.20. The minimum absolute atomic E-state index is 0.0463. The topological polar surface area (TPSA) is 143 Å². The molecule has 0 aliphatic heterocycles. The molecule has 236 valence electrons. The molecule has 9 heteroatoms. The maximum atomic E-state index is 11.4. The van der Waals surface area contributed by atoms with Gasteiger partial charge in [0.25, 0.3) is 0 Å². The van der Waals surface area contributed by atoms with Crippen molar-refractivity contribution in [2.75, 3.05) is 40.6 Å². The highest BCUT2D eigenvalue weighted by Crippen LogP contribution is 2.23. The highest BCUT2D eigenvalue weighted by Gasteiger charge is 2.15. The van der Waals surface area contributed by atoms with Crippen molar-refractivity contribution >= 4 is 11.9 Å². The lowest BCUT2D eigenvalue weighted by Crippen LogP contribution is -2.12. The second kappa shape index (κ2) is 23.5. The zero-order chi connectivity index (χ0) is 32.6. The molecule has 0 aliphatic rings. The van der Waals surface area contributed by atoms with Crippen LogP contribution in [0.15, 0.2) is 48.5 Å². The summed E-state index contributed by atoms with van der Waals surface area (Å²) in [6.45, 7) is 7.90. The lowest BCUT2D eigenvalue weighted by atomic mass is 9.96. The van der Waals surface area contributed by atoms with E-state index in [-0.39, 0.29) is 74.0 Å². The molecule has 0 bridgehead atoms. The molecule has 0 aromatic heterocycles. The Morgan fingerprint density at radius 3 is 1.42 bits per heavy atom. The van der Waals surface area contributed by atoms with E-state index in [1.165, 1.54) is 14.2 Å². The molecule has 0 fully saturated rings. The van der Waals surface area contributed by atoms with Gasteiger partial charge >= 0.3 is 11.9 Å². The Kier molecular flexibility index (Phi) is 21.3. The molecule has 3 atom stereocenters. The minimum atomic E-state index is -0.291. The van der Waals surface area contributed by atoms with Crippen LogP contribution in [-0.4, -0.2) is 73.0 Å². The third kappa shape index (κ3) is 17.5. The van der Waals surface area contributed by atoms with Gasteiger partial charge in [0.2, 0.25) is 0 Å². The van der Waals surface area contributed by atoms with Crippen molar-refractivity contribution in [1.29, 1.82) is 0 Å². The molecule has 2 aromatic rings. The highest BCUT2D eigenvalue weighted by molar-refractivity contribution is 5.71. The van der Waals surface area contributed by atoms with Crippen molar-refractivity contribution in [1.82, 2.24) is 0 Å². The highest BCUT2D eigenvalue weighted by atomic mass is 16.5. The average molecular weight is 599 g/mol. The number of rotatable bonds is 12. The summed E-state index contributed by atoms with van der Waals surface area (Å²) in [4.78, 5) is 22.6. The van der Waals surface area contributed by atoms with Crippen molar-refractivity contribution in [3.8, 4) is 35.2 Å². The van der Waals surface area contributed by atoms with E-state index in [4.69, 9.17) is 29.9 Å². The molecule has 0 saturated carbocycles. The van der Waals surface area contributed by atoms with E-state index in [1.807, 2.05) is 31.2 Å². The second-order valence-electron chi connectivity index (χ2n) is 9.68. The molecule has 0 radical (unpaired) electrons. The summed E-state index contributed by atoms with van der Waals surface area (Å²) >= 11 is 0. The molecule has 0 spiro atoms. The van der Waals surface area contributed by atoms with E-state index >= 15 is 0 Å². The number of aromatic hydroxyl groups is 1. The maximum Gasteiger partial charge on any atom is 0.307 e. The lowest BCUT2D eigenvalue weighted by molar-refractivity contribution is -0.141. The molecular weight excluding hydrogens is 552 g/mol. The molecule has 43 heavy (non-hydrogen) atoms. The minimum Gasteiger partial charge on any atom is -0.508 e. The first-order valence-corrected chi connectivity index (χ1v) is 13.9. The van der Waals surface area contributed by atoms with Gasteiger partial charge in [0.15, 0.2) is 0 Å². The third-order valence-electron chi connectivity index (χ3n) is 5.88. The van der Waals surface area contributed by atoms with Crippen LogP contribution in [0.3, 0.4) is 0 Å². The number of methoxy groups -OCH3 is 2. The molecule has 0 amide bonds. The fourth-order valence-electron chi connectivity index (χ4n) is 3.20. The van der Waals surface area contributed by atoms with Crippen LogP contribution in [0.5, 0.6) is 11.5 Å². The van der Waals surface area contributed by atoms with E-state index in [1.54, 1.807) is 45.0 Å². The number of carbonyl (C=O) groups excluding carboxylic acids is 2. The van der Waals surface area contributed by atoms with Gasteiger partial charge < -0.3 is 34.6 Å². The van der Waals surface area contributed by atoms with Crippen LogP contribution in [0, 0.1) is 35.5 Å². The summed E-state index contributed by atoms with van der Waals surface area (Å²) in [5.74, 6) is 11.8. The number of benzene rings is 2. The van der Waals surface area contributed by atoms with Crippen LogP contribution in [-0.2, 0) is 19.1 Å². The van der Waals surface area contributed by atoms with Crippen molar-refractivity contribution in [2.24, 2.45) is 11.8 Å². The first-order valence-electron chi connectivity index (χ1n) is 13.9. The van der Waals surface area contributed by atoms with E-state index in [2.05, 4.69) is 28.4 Å². The van der Waals surface area contributed by atoms with Gasteiger partial charge in [0.1, 0.15) is 11.5 Å². The number of phenols is 1. The van der Waals surface area contributed by atoms with Crippen LogP contribution < -0.4 is 4.74 Å². The van der Waals surface area contributed by atoms with Gasteiger partial charge in [-0.2, -0.15) is 0 Å². The molecule has 3 unspecified atom stereocenters. The number of esters is 2. The number of ether oxygens (including phenoxy) is 3. The molecule has 2 aromatic carbocycles. The zero-order valence-electron chi connectivity index (χ0n) is 26.0. The fraction of sp³-hybridized carbons (Fsp3) is 0.471. The molecule has 0 saturated heterocycles. The van der Waals surface area contributed by atoms with Gasteiger partial charge in [-0.15, -0.1) is 11.8 Å². The molecule has 0 aliphatic carbocycles. The van der Waals surface area contributed by atoms with Crippen molar-refractivity contribution in [3.05, 3.63) is 59.7 Å². The Morgan fingerprint density at radius 1 is 0.698 bits per heavy atom. The number of aliphatic hydroxyl groups is 3. The SMILES string of the molecule is CC#CC(CC(=O)OC)c1ccc(O)cc1.CC#CC(CC(=O)OC)c1ccc(OCC(C)CO)cc1.CC(CO)CO. The first kappa shape index (κ1) is 39.0. The molecular formula is C34H46O9. The Morgan fingerprint density at radius 2 is 1.09 bits per heavy atom. The zero-order valence-corrected chi connectivity index (χ0v) is 26.0. The van der Waals surface area contributed by atoms with Crippen molar-refractivity contribution < 1.29 is 44.2 Å². The van der Waals surface area contributed by atoms with Gasteiger partial charge in [-0.3, -0.25) is 9.59 Å². The standard InChI is InChI=1S/C17H22O4.C13H14O3.C4H10O2/c1-4-5-15(10-17(19)20-3)14-6-8-16(9-7-14)21-12-13(2)11-18;1-3-4-11(9-13(15)16-2)10-5-7-12(14)8-6-10;1-4(2-5)3-6/h6-9,13,15,18H,10-12H2,1-3H3;5-8,11,14H,9H2,1-2H3;4-6H,2-3H2,1H3. The largest absolute Gasteiger partial charge is 0.508 e. The van der Waals surface area contributed by atoms with Crippen LogP contribution in [0.4, 0.5) is 0 Å². The predicted octanol–water partition coefficient (Wildman–Crippen LogP) is 4.03. The van der Waals surface area contributed by atoms with E-state index in [9.17, 15) is 9.59 Å². The normalized spacial score (nSPS) is 11.8. The summed E-state index contributed by atoms with van der Waals surface area (Å²) in [5.41, 5.74) is 1.86. The monoisotopic (exact) mass is 598 g/mol. The van der Waals surface area contributed by atoms with Crippen molar-refractivity contribution in [2.45, 2.75) is 52.4 Å². The Hall–Kier alpha value is -4.02. The van der Waals surface area contributed by atoms with Crippen LogP contribution in [0.2, 0.25) is 0 Å². The van der Waals surface area contributed by atoms with E-state index in [0.29, 0.717) is 6.61 Å². The maximum absolute atomic E-state index is 11.4. The van der Waals surface area contributed by atoms with E-state index < -0.39 is 0 Å². The first-order chi connectivity index (χ1) is 20.6. The van der Waals surface area contributed by atoms with E-state index in [0.717, 1.165) is 16.9 Å². The van der Waals surface area contributed by atoms with Crippen LogP contribution >= 0.6 is 0 Å². The number of hydrogen-bond acceptors (Lipinski definition) is 9. The Labute approximate surface area is 255 Å². The predicted molar refractivity (Wildman–Crippen MR) is 165 cm³/mol. The van der Waals surface area contributed by atoms with Gasteiger partial charge in [0, 0.05) is 31.7 Å². The average Bonchev–Trinajstić information content (AvgIpc) is 3.03. The second-order valence-corrected chi connectivity index (χ2v) is 9.68. The Balaban J connectivity index is 0.000000707. The van der Waals surface area contributed by atoms with Crippen molar-refractivity contribution in [3.63, 3.8) is 0 Å². The Bertz CT molecular complexity index is 1160. The lowest BCUT2D eigenvalue weighted by Gasteiger charge is -2.13. The molecule has 2 rings (SSSR count). The number of phenolic OH excluding ortho intramolecular Hbond substituents is 1. The third-order valence-corrected chi connectivity index (χ3v) is 5.88. The summed E-state index contributed by atoms with van der Waals surface area (Å²) in [6, 6.07) is 14.2. The van der Waals surface area contributed by atoms with Crippen LogP contribution in [0.25, 0.3) is 0 Å². The molecule has 4 N–H and O–H groups in total. The van der Waals surface area contributed by atoms with Gasteiger partial charge in [-0.05, 0) is 49.2 Å². The molecule has 0 heterocycles. The van der Waals surface area contributed by atoms with Gasteiger partial charge in [-0.25, -0.2) is 0 Å². The quantitative estimate of drug-likeness (QED) is 0.210. The number of hydrogen-bond donors (Lipinski definition) is 4. The van der Waals surface area contributed by atoms with Gasteiger partial charge in [-0.1, -0.05) is 50.0 Å². The smallest absolute Gasteiger partial charge is 0.307 e. The summed E-state index contributed by atoms with van der Waals surface area (Å²) in [6.07, 6.45) is 0.460. The van der Waals surface area contributed by atoms with Gasteiger partial charge in [0.05, 0.1) is 45.5 Å². The number of carbonyl (C=O) groups is 2. The summed E-state index contributed by atoms with van der Waals surface area (Å²) in [5, 5.41) is 34.5. The number of aliphatic hydroxyl groups excluding tert-OH is 3. The summed E-state index contributed by atoms with van der Waals surface area (Å²) in [7, 11) is 2.73. The summed E-state index contributed by atoms with van der Waals surface area (Å²) < 4.78 is 14.9. The molecule has 9 nitrogen and oxygen atoms in total. The van der Waals surface area contributed by atoms with Crippen LogP contribution in [0.1, 0.15) is 63.5 Å².